The quantitative estimate of drug-likeness (QED) is 0.852. The molecule has 0 aliphatic rings. The van der Waals surface area contributed by atoms with Gasteiger partial charge in [0, 0.05) is 34.9 Å². The summed E-state index contributed by atoms with van der Waals surface area (Å²) in [5.41, 5.74) is 0.976. The minimum Gasteiger partial charge on any atom is -0.437 e. The molecule has 21 heavy (non-hydrogen) atoms. The molecule has 0 atom stereocenters. The number of benzene rings is 1. The first-order valence-electron chi connectivity index (χ1n) is 6.67. The molecule has 2 aromatic rings. The molecule has 0 unspecified atom stereocenters. The van der Waals surface area contributed by atoms with Crippen molar-refractivity contribution in [3.05, 3.63) is 52.1 Å². The SMILES string of the molecule is CC(C)(C)NCc1cccnc1Oc1cc(Cl)ccc1Cl. The summed E-state index contributed by atoms with van der Waals surface area (Å²) in [7, 11) is 0. The summed E-state index contributed by atoms with van der Waals surface area (Å²) in [5.74, 6) is 1.03. The average Bonchev–Trinajstić information content (AvgIpc) is 2.41. The highest BCUT2D eigenvalue weighted by Gasteiger charge is 2.13. The van der Waals surface area contributed by atoms with Gasteiger partial charge in [-0.25, -0.2) is 4.98 Å². The Balaban J connectivity index is 2.22. The Bertz CT molecular complexity index is 624. The maximum atomic E-state index is 6.12. The van der Waals surface area contributed by atoms with Gasteiger partial charge < -0.3 is 10.1 Å². The topological polar surface area (TPSA) is 34.2 Å². The van der Waals surface area contributed by atoms with Gasteiger partial charge in [-0.3, -0.25) is 0 Å². The lowest BCUT2D eigenvalue weighted by Gasteiger charge is -2.21. The minimum absolute atomic E-state index is 0.0147. The number of pyridine rings is 1. The predicted octanol–water partition coefficient (Wildman–Crippen LogP) is 5.07. The van der Waals surface area contributed by atoms with Gasteiger partial charge in [0.1, 0.15) is 5.75 Å². The van der Waals surface area contributed by atoms with Crippen LogP contribution < -0.4 is 10.1 Å². The molecule has 2 rings (SSSR count). The molecule has 0 aliphatic heterocycles. The van der Waals surface area contributed by atoms with Crippen molar-refractivity contribution in [3.8, 4) is 11.6 Å². The fourth-order valence-electron chi connectivity index (χ4n) is 1.67. The van der Waals surface area contributed by atoms with Crippen LogP contribution in [0, 0.1) is 0 Å². The Kier molecular flexibility index (Phi) is 5.09. The third-order valence-electron chi connectivity index (χ3n) is 2.76. The fourth-order valence-corrected chi connectivity index (χ4v) is 1.99. The maximum absolute atomic E-state index is 6.12. The van der Waals surface area contributed by atoms with Crippen LogP contribution in [0.4, 0.5) is 0 Å². The fraction of sp³-hybridized carbons (Fsp3) is 0.312. The van der Waals surface area contributed by atoms with E-state index >= 15 is 0 Å². The van der Waals surface area contributed by atoms with Crippen LogP contribution in [0.2, 0.25) is 10.0 Å². The Morgan fingerprint density at radius 1 is 1.19 bits per heavy atom. The first-order chi connectivity index (χ1) is 9.85. The van der Waals surface area contributed by atoms with E-state index in [0.717, 1.165) is 5.56 Å². The van der Waals surface area contributed by atoms with Gasteiger partial charge in [-0.15, -0.1) is 0 Å². The number of ether oxygens (including phenoxy) is 1. The van der Waals surface area contributed by atoms with Crippen molar-refractivity contribution in [2.45, 2.75) is 32.9 Å². The lowest BCUT2D eigenvalue weighted by Crippen LogP contribution is -2.35. The number of hydrogen-bond acceptors (Lipinski definition) is 3. The molecule has 0 aliphatic carbocycles. The second kappa shape index (κ2) is 6.65. The van der Waals surface area contributed by atoms with E-state index in [1.54, 1.807) is 24.4 Å². The lowest BCUT2D eigenvalue weighted by molar-refractivity contribution is 0.409. The number of nitrogens with zero attached hydrogens (tertiary/aromatic N) is 1. The maximum Gasteiger partial charge on any atom is 0.223 e. The van der Waals surface area contributed by atoms with Crippen LogP contribution in [-0.4, -0.2) is 10.5 Å². The highest BCUT2D eigenvalue weighted by Crippen LogP contribution is 2.32. The van der Waals surface area contributed by atoms with Crippen molar-refractivity contribution in [1.29, 1.82) is 0 Å². The van der Waals surface area contributed by atoms with Crippen LogP contribution in [0.15, 0.2) is 36.5 Å². The molecule has 1 aromatic carbocycles. The van der Waals surface area contributed by atoms with Crippen LogP contribution in [0.3, 0.4) is 0 Å². The number of hydrogen-bond donors (Lipinski definition) is 1. The summed E-state index contributed by atoms with van der Waals surface area (Å²) in [4.78, 5) is 4.28. The monoisotopic (exact) mass is 324 g/mol. The molecule has 0 saturated carbocycles. The van der Waals surface area contributed by atoms with Crippen LogP contribution in [0.1, 0.15) is 26.3 Å². The largest absolute Gasteiger partial charge is 0.437 e. The second-order valence-corrected chi connectivity index (χ2v) is 6.59. The minimum atomic E-state index is 0.0147. The van der Waals surface area contributed by atoms with Gasteiger partial charge in [-0.1, -0.05) is 29.3 Å². The first kappa shape index (κ1) is 16.1. The third-order valence-corrected chi connectivity index (χ3v) is 3.31. The molecule has 112 valence electrons. The normalized spacial score (nSPS) is 11.5. The highest BCUT2D eigenvalue weighted by molar-refractivity contribution is 6.34. The highest BCUT2D eigenvalue weighted by atomic mass is 35.5. The average molecular weight is 325 g/mol. The van der Waals surface area contributed by atoms with Crippen molar-refractivity contribution in [1.82, 2.24) is 10.3 Å². The number of halogens is 2. The van der Waals surface area contributed by atoms with Gasteiger partial charge >= 0.3 is 0 Å². The molecule has 0 fully saturated rings. The molecule has 0 saturated heterocycles. The molecule has 1 heterocycles. The van der Waals surface area contributed by atoms with Crippen LogP contribution in [0.5, 0.6) is 11.6 Å². The number of aromatic nitrogens is 1. The zero-order valence-electron chi connectivity index (χ0n) is 12.3. The van der Waals surface area contributed by atoms with E-state index in [9.17, 15) is 0 Å². The predicted molar refractivity (Wildman–Crippen MR) is 87.4 cm³/mol. The Hall–Kier alpha value is -1.29. The van der Waals surface area contributed by atoms with E-state index in [-0.39, 0.29) is 5.54 Å². The molecular weight excluding hydrogens is 307 g/mol. The standard InChI is InChI=1S/C16H18Cl2N2O/c1-16(2,3)20-10-11-5-4-8-19-15(11)21-14-9-12(17)6-7-13(14)18/h4-9,20H,10H2,1-3H3. The summed E-state index contributed by atoms with van der Waals surface area (Å²) < 4.78 is 5.82. The van der Waals surface area contributed by atoms with E-state index in [2.05, 4.69) is 31.1 Å². The van der Waals surface area contributed by atoms with Crippen molar-refractivity contribution < 1.29 is 4.74 Å². The van der Waals surface area contributed by atoms with Crippen LogP contribution >= 0.6 is 23.2 Å². The van der Waals surface area contributed by atoms with Gasteiger partial charge in [0.2, 0.25) is 5.88 Å². The van der Waals surface area contributed by atoms with Gasteiger partial charge in [0.25, 0.3) is 0 Å². The van der Waals surface area contributed by atoms with Crippen LogP contribution in [0.25, 0.3) is 0 Å². The summed E-state index contributed by atoms with van der Waals surface area (Å²) in [6.45, 7) is 6.98. The van der Waals surface area contributed by atoms with Gasteiger partial charge in [-0.2, -0.15) is 0 Å². The zero-order valence-corrected chi connectivity index (χ0v) is 13.8. The molecule has 3 nitrogen and oxygen atoms in total. The second-order valence-electron chi connectivity index (χ2n) is 5.75. The first-order valence-corrected chi connectivity index (χ1v) is 7.42. The molecule has 5 heteroatoms. The third kappa shape index (κ3) is 4.88. The molecule has 1 N–H and O–H groups in total. The summed E-state index contributed by atoms with van der Waals surface area (Å²) in [6.07, 6.45) is 1.69. The lowest BCUT2D eigenvalue weighted by atomic mass is 10.1. The van der Waals surface area contributed by atoms with Gasteiger partial charge in [0.05, 0.1) is 5.02 Å². The van der Waals surface area contributed by atoms with E-state index in [4.69, 9.17) is 27.9 Å². The molecular formula is C16H18Cl2N2O. The molecule has 0 radical (unpaired) electrons. The van der Waals surface area contributed by atoms with Crippen molar-refractivity contribution in [2.75, 3.05) is 0 Å². The number of rotatable bonds is 4. The van der Waals surface area contributed by atoms with E-state index < -0.39 is 0 Å². The summed E-state index contributed by atoms with van der Waals surface area (Å²) in [6, 6.07) is 8.96. The Morgan fingerprint density at radius 2 is 1.95 bits per heavy atom. The Morgan fingerprint density at radius 3 is 2.67 bits per heavy atom. The summed E-state index contributed by atoms with van der Waals surface area (Å²) >= 11 is 12.1. The molecule has 0 spiro atoms. The van der Waals surface area contributed by atoms with E-state index in [0.29, 0.717) is 28.2 Å². The van der Waals surface area contributed by atoms with Crippen LogP contribution in [-0.2, 0) is 6.54 Å². The molecule has 0 bridgehead atoms. The Labute approximate surface area is 135 Å². The smallest absolute Gasteiger partial charge is 0.223 e. The van der Waals surface area contributed by atoms with E-state index in [1.807, 2.05) is 12.1 Å². The van der Waals surface area contributed by atoms with Gasteiger partial charge in [0.15, 0.2) is 0 Å². The van der Waals surface area contributed by atoms with Gasteiger partial charge in [-0.05, 0) is 39.0 Å². The molecule has 1 aromatic heterocycles. The van der Waals surface area contributed by atoms with Crippen molar-refractivity contribution >= 4 is 23.2 Å². The molecule has 0 amide bonds. The van der Waals surface area contributed by atoms with Crippen molar-refractivity contribution in [3.63, 3.8) is 0 Å². The van der Waals surface area contributed by atoms with E-state index in [1.165, 1.54) is 0 Å². The van der Waals surface area contributed by atoms with Crippen molar-refractivity contribution in [2.24, 2.45) is 0 Å². The number of nitrogens with one attached hydrogen (secondary N) is 1. The zero-order chi connectivity index (χ0) is 15.5. The summed E-state index contributed by atoms with van der Waals surface area (Å²) in [5, 5.41) is 4.48.